The van der Waals surface area contributed by atoms with Gasteiger partial charge in [-0.15, -0.1) is 0 Å². The molecular formula is C23H40O3Si. The lowest BCUT2D eigenvalue weighted by Crippen LogP contribution is -2.40. The van der Waals surface area contributed by atoms with Crippen LogP contribution in [0.25, 0.3) is 0 Å². The molecule has 0 unspecified atom stereocenters. The lowest BCUT2D eigenvalue weighted by molar-refractivity contribution is 0.0434. The van der Waals surface area contributed by atoms with Crippen LogP contribution in [0, 0.1) is 11.3 Å². The normalized spacial score (nSPS) is 15.3. The molecule has 0 saturated carbocycles. The van der Waals surface area contributed by atoms with Crippen LogP contribution in [0.5, 0.6) is 5.75 Å². The number of benzene rings is 1. The predicted octanol–water partition coefficient (Wildman–Crippen LogP) is 6.45. The molecule has 3 nitrogen and oxygen atoms in total. The summed E-state index contributed by atoms with van der Waals surface area (Å²) in [5.41, 5.74) is 1.15. The molecule has 1 atom stereocenters. The fourth-order valence-electron chi connectivity index (χ4n) is 2.31. The fourth-order valence-corrected chi connectivity index (χ4v) is 3.25. The van der Waals surface area contributed by atoms with Gasteiger partial charge in [0, 0.05) is 5.41 Å². The van der Waals surface area contributed by atoms with E-state index in [1.807, 2.05) is 12.1 Å². The number of hydrogen-bond acceptors (Lipinski definition) is 3. The van der Waals surface area contributed by atoms with Gasteiger partial charge in [-0.1, -0.05) is 65.8 Å². The predicted molar refractivity (Wildman–Crippen MR) is 118 cm³/mol. The van der Waals surface area contributed by atoms with Crippen molar-refractivity contribution < 1.29 is 13.9 Å². The van der Waals surface area contributed by atoms with E-state index in [1.54, 1.807) is 7.11 Å². The second-order valence-electron chi connectivity index (χ2n) is 9.48. The molecule has 4 heteroatoms. The maximum absolute atomic E-state index is 6.26. The highest BCUT2D eigenvalue weighted by Crippen LogP contribution is 2.36. The maximum Gasteiger partial charge on any atom is 0.192 e. The van der Waals surface area contributed by atoms with Crippen molar-refractivity contribution in [2.45, 2.75) is 66.3 Å². The minimum absolute atomic E-state index is 0.0107. The molecule has 0 aromatic heterocycles. The minimum Gasteiger partial charge on any atom is -0.497 e. The molecular weight excluding hydrogens is 352 g/mol. The molecule has 1 aromatic carbocycles. The third-order valence-corrected chi connectivity index (χ3v) is 10.5. The second kappa shape index (κ2) is 9.90. The Balaban J connectivity index is 2.58. The van der Waals surface area contributed by atoms with E-state index in [1.165, 1.54) is 0 Å². The summed E-state index contributed by atoms with van der Waals surface area (Å²) in [6, 6.07) is 8.04. The van der Waals surface area contributed by atoms with Gasteiger partial charge in [0.1, 0.15) is 5.75 Å². The van der Waals surface area contributed by atoms with Gasteiger partial charge in [-0.3, -0.25) is 0 Å². The Morgan fingerprint density at radius 1 is 1.04 bits per heavy atom. The Morgan fingerprint density at radius 2 is 1.63 bits per heavy atom. The van der Waals surface area contributed by atoms with Crippen LogP contribution in [0.2, 0.25) is 18.1 Å². The number of hydrogen-bond donors (Lipinski definition) is 0. The Bertz CT molecular complexity index is 585. The van der Waals surface area contributed by atoms with E-state index in [0.29, 0.717) is 25.7 Å². The Morgan fingerprint density at radius 3 is 2.11 bits per heavy atom. The molecule has 154 valence electrons. The summed E-state index contributed by atoms with van der Waals surface area (Å²) in [6.45, 7) is 20.1. The molecule has 0 heterocycles. The van der Waals surface area contributed by atoms with Crippen molar-refractivity contribution in [3.05, 3.63) is 42.0 Å². The SMILES string of the molecule is COc1ccc(COC[C@](C)(/C=C/CO[Si](C)(C)C(C)(C)C)C(C)C)cc1. The summed E-state index contributed by atoms with van der Waals surface area (Å²) in [7, 11) is -0.0173. The summed E-state index contributed by atoms with van der Waals surface area (Å²) >= 11 is 0. The number of rotatable bonds is 10. The maximum atomic E-state index is 6.26. The van der Waals surface area contributed by atoms with Crippen molar-refractivity contribution in [1.82, 2.24) is 0 Å². The van der Waals surface area contributed by atoms with Gasteiger partial charge in [-0.2, -0.15) is 0 Å². The standard InChI is InChI=1S/C23H40O3Si/c1-19(2)23(6,15-10-16-26-27(8,9)22(3,4)5)18-25-17-20-11-13-21(24-7)14-12-20/h10-15,19H,16-18H2,1-9H3/b15-10+/t23-/m0/s1. The zero-order valence-electron chi connectivity index (χ0n) is 18.9. The zero-order chi connectivity index (χ0) is 20.7. The summed E-state index contributed by atoms with van der Waals surface area (Å²) in [5, 5.41) is 0.240. The molecule has 0 aliphatic rings. The van der Waals surface area contributed by atoms with Gasteiger partial charge in [-0.05, 0) is 41.7 Å². The van der Waals surface area contributed by atoms with Gasteiger partial charge in [0.25, 0.3) is 0 Å². The first-order valence-corrected chi connectivity index (χ1v) is 12.8. The lowest BCUT2D eigenvalue weighted by Gasteiger charge is -2.36. The van der Waals surface area contributed by atoms with Crippen molar-refractivity contribution in [3.8, 4) is 5.75 Å². The largest absolute Gasteiger partial charge is 0.497 e. The van der Waals surface area contributed by atoms with Crippen LogP contribution in [0.3, 0.4) is 0 Å². The Labute approximate surface area is 168 Å². The highest BCUT2D eigenvalue weighted by molar-refractivity contribution is 6.74. The van der Waals surface area contributed by atoms with Crippen LogP contribution in [-0.2, 0) is 15.8 Å². The van der Waals surface area contributed by atoms with Gasteiger partial charge in [0.15, 0.2) is 8.32 Å². The number of methoxy groups -OCH3 is 1. The van der Waals surface area contributed by atoms with Crippen LogP contribution in [0.4, 0.5) is 0 Å². The molecule has 0 spiro atoms. The van der Waals surface area contributed by atoms with Crippen LogP contribution in [0.1, 0.15) is 47.1 Å². The topological polar surface area (TPSA) is 27.7 Å². The van der Waals surface area contributed by atoms with Crippen molar-refractivity contribution >= 4 is 8.32 Å². The lowest BCUT2D eigenvalue weighted by atomic mass is 9.79. The van der Waals surface area contributed by atoms with Gasteiger partial charge in [0.05, 0.1) is 26.9 Å². The third kappa shape index (κ3) is 7.44. The minimum atomic E-state index is -1.70. The first kappa shape index (κ1) is 23.9. The molecule has 1 aromatic rings. The molecule has 0 bridgehead atoms. The van der Waals surface area contributed by atoms with Crippen molar-refractivity contribution in [1.29, 1.82) is 0 Å². The highest BCUT2D eigenvalue weighted by Gasteiger charge is 2.36. The van der Waals surface area contributed by atoms with Crippen molar-refractivity contribution in [3.63, 3.8) is 0 Å². The smallest absolute Gasteiger partial charge is 0.192 e. The second-order valence-corrected chi connectivity index (χ2v) is 14.3. The van der Waals surface area contributed by atoms with E-state index in [9.17, 15) is 0 Å². The van der Waals surface area contributed by atoms with E-state index in [2.05, 4.69) is 78.9 Å². The van der Waals surface area contributed by atoms with E-state index in [0.717, 1.165) is 11.3 Å². The Hall–Kier alpha value is -1.10. The number of ether oxygens (including phenoxy) is 2. The zero-order valence-corrected chi connectivity index (χ0v) is 19.9. The molecule has 0 amide bonds. The quantitative estimate of drug-likeness (QED) is 0.338. The fraction of sp³-hybridized carbons (Fsp3) is 0.652. The average Bonchev–Trinajstić information content (AvgIpc) is 2.58. The first-order valence-electron chi connectivity index (χ1n) is 9.93. The van der Waals surface area contributed by atoms with Gasteiger partial charge >= 0.3 is 0 Å². The monoisotopic (exact) mass is 392 g/mol. The van der Waals surface area contributed by atoms with Crippen LogP contribution >= 0.6 is 0 Å². The molecule has 0 radical (unpaired) electrons. The van der Waals surface area contributed by atoms with Crippen LogP contribution in [-0.4, -0.2) is 28.6 Å². The molecule has 27 heavy (non-hydrogen) atoms. The summed E-state index contributed by atoms with van der Waals surface area (Å²) in [4.78, 5) is 0. The third-order valence-electron chi connectivity index (χ3n) is 6.00. The summed E-state index contributed by atoms with van der Waals surface area (Å²) < 4.78 is 17.5. The van der Waals surface area contributed by atoms with Crippen molar-refractivity contribution in [2.75, 3.05) is 20.3 Å². The van der Waals surface area contributed by atoms with Crippen LogP contribution in [0.15, 0.2) is 36.4 Å². The molecule has 1 rings (SSSR count). The molecule has 0 aliphatic heterocycles. The van der Waals surface area contributed by atoms with E-state index >= 15 is 0 Å². The molecule has 0 N–H and O–H groups in total. The highest BCUT2D eigenvalue weighted by atomic mass is 28.4. The summed E-state index contributed by atoms with van der Waals surface area (Å²) in [5.74, 6) is 1.35. The van der Waals surface area contributed by atoms with Crippen molar-refractivity contribution in [2.24, 2.45) is 11.3 Å². The molecule has 0 saturated heterocycles. The summed E-state index contributed by atoms with van der Waals surface area (Å²) in [6.07, 6.45) is 4.45. The Kier molecular flexibility index (Phi) is 8.78. The van der Waals surface area contributed by atoms with E-state index in [4.69, 9.17) is 13.9 Å². The van der Waals surface area contributed by atoms with E-state index < -0.39 is 8.32 Å². The first-order chi connectivity index (χ1) is 12.4. The van der Waals surface area contributed by atoms with E-state index in [-0.39, 0.29) is 10.5 Å². The van der Waals surface area contributed by atoms with Gasteiger partial charge in [0.2, 0.25) is 0 Å². The van der Waals surface area contributed by atoms with Gasteiger partial charge in [-0.25, -0.2) is 0 Å². The molecule has 0 aliphatic carbocycles. The average molecular weight is 393 g/mol. The molecule has 0 fully saturated rings. The van der Waals surface area contributed by atoms with Gasteiger partial charge < -0.3 is 13.9 Å². The van der Waals surface area contributed by atoms with Crippen LogP contribution < -0.4 is 4.74 Å².